The number of benzene rings is 1. The number of amides is 1. The van der Waals surface area contributed by atoms with Crippen molar-refractivity contribution in [2.75, 3.05) is 18.9 Å². The molecule has 1 amide bonds. The number of hydrogen-bond acceptors (Lipinski definition) is 4. The lowest BCUT2D eigenvalue weighted by Crippen LogP contribution is -2.34. The van der Waals surface area contributed by atoms with Crippen LogP contribution in [0.3, 0.4) is 0 Å². The molecule has 3 rings (SSSR count). The van der Waals surface area contributed by atoms with E-state index in [9.17, 15) is 9.59 Å². The van der Waals surface area contributed by atoms with E-state index >= 15 is 0 Å². The van der Waals surface area contributed by atoms with Crippen molar-refractivity contribution in [3.8, 4) is 0 Å². The van der Waals surface area contributed by atoms with Gasteiger partial charge in [0, 0.05) is 19.0 Å². The summed E-state index contributed by atoms with van der Waals surface area (Å²) in [6.07, 6.45) is 2.38. The lowest BCUT2D eigenvalue weighted by molar-refractivity contribution is -0.116. The Hall–Kier alpha value is -2.18. The van der Waals surface area contributed by atoms with Crippen LogP contribution in [0, 0.1) is 0 Å². The van der Waals surface area contributed by atoms with Gasteiger partial charge in [-0.2, -0.15) is 0 Å². The third-order valence-electron chi connectivity index (χ3n) is 4.48. The Morgan fingerprint density at radius 2 is 1.92 bits per heavy atom. The molecule has 0 saturated carbocycles. The van der Waals surface area contributed by atoms with E-state index in [4.69, 9.17) is 5.11 Å². The standard InChI is InChI=1S/C18H20N2O3S/c1-20(14-10-12-4-2-3-5-13(12)11-14)8-6-16(21)19-15-7-9-24-17(15)18(22)23/h2-5,7,9,14H,6,8,10-11H2,1H3,(H,19,21)(H,22,23). The van der Waals surface area contributed by atoms with E-state index in [1.165, 1.54) is 11.1 Å². The summed E-state index contributed by atoms with van der Waals surface area (Å²) in [6, 6.07) is 10.5. The minimum atomic E-state index is -1.01. The van der Waals surface area contributed by atoms with Crippen molar-refractivity contribution < 1.29 is 14.7 Å². The minimum Gasteiger partial charge on any atom is -0.477 e. The second-order valence-electron chi connectivity index (χ2n) is 6.08. The fourth-order valence-electron chi connectivity index (χ4n) is 3.09. The molecule has 126 valence electrons. The number of nitrogens with zero attached hydrogens (tertiary/aromatic N) is 1. The van der Waals surface area contributed by atoms with E-state index in [2.05, 4.69) is 34.5 Å². The lowest BCUT2D eigenvalue weighted by Gasteiger charge is -2.23. The minimum absolute atomic E-state index is 0.154. The lowest BCUT2D eigenvalue weighted by atomic mass is 10.1. The number of carbonyl (C=O) groups is 2. The summed E-state index contributed by atoms with van der Waals surface area (Å²) in [5.74, 6) is -1.17. The number of aromatic carboxylic acids is 1. The predicted molar refractivity (Wildman–Crippen MR) is 94.8 cm³/mol. The van der Waals surface area contributed by atoms with Crippen molar-refractivity contribution in [1.82, 2.24) is 4.90 Å². The van der Waals surface area contributed by atoms with Crippen LogP contribution in [0.1, 0.15) is 27.2 Å². The number of rotatable bonds is 6. The SMILES string of the molecule is CN(CCC(=O)Nc1ccsc1C(=O)O)C1Cc2ccccc2C1. The first-order valence-corrected chi connectivity index (χ1v) is 8.80. The Morgan fingerprint density at radius 1 is 1.25 bits per heavy atom. The number of carboxylic acids is 1. The average molecular weight is 344 g/mol. The Kier molecular flexibility index (Phi) is 4.97. The Labute approximate surface area is 144 Å². The molecule has 0 atom stereocenters. The van der Waals surface area contributed by atoms with Crippen molar-refractivity contribution in [3.63, 3.8) is 0 Å². The molecule has 1 aromatic heterocycles. The van der Waals surface area contributed by atoms with Crippen molar-refractivity contribution in [1.29, 1.82) is 0 Å². The van der Waals surface area contributed by atoms with Crippen LogP contribution in [-0.2, 0) is 17.6 Å². The van der Waals surface area contributed by atoms with Crippen molar-refractivity contribution in [3.05, 3.63) is 51.7 Å². The zero-order chi connectivity index (χ0) is 17.1. The Morgan fingerprint density at radius 3 is 2.54 bits per heavy atom. The van der Waals surface area contributed by atoms with Crippen LogP contribution in [0.2, 0.25) is 0 Å². The molecular formula is C18H20N2O3S. The van der Waals surface area contributed by atoms with E-state index < -0.39 is 5.97 Å². The van der Waals surface area contributed by atoms with Gasteiger partial charge in [0.05, 0.1) is 5.69 Å². The second-order valence-corrected chi connectivity index (χ2v) is 6.99. The first kappa shape index (κ1) is 16.7. The molecule has 6 heteroatoms. The number of thiophene rings is 1. The van der Waals surface area contributed by atoms with Crippen LogP contribution in [-0.4, -0.2) is 41.5 Å². The summed E-state index contributed by atoms with van der Waals surface area (Å²) in [6.45, 7) is 0.650. The molecule has 1 heterocycles. The fraction of sp³-hybridized carbons (Fsp3) is 0.333. The summed E-state index contributed by atoms with van der Waals surface area (Å²) in [5, 5.41) is 13.4. The third-order valence-corrected chi connectivity index (χ3v) is 5.38. The topological polar surface area (TPSA) is 69.6 Å². The van der Waals surface area contributed by atoms with Crippen molar-refractivity contribution in [2.24, 2.45) is 0 Å². The average Bonchev–Trinajstić information content (AvgIpc) is 3.18. The maximum atomic E-state index is 12.1. The van der Waals surface area contributed by atoms with Gasteiger partial charge in [0.15, 0.2) is 0 Å². The highest BCUT2D eigenvalue weighted by Gasteiger charge is 2.24. The number of hydrogen-bond donors (Lipinski definition) is 2. The zero-order valence-corrected chi connectivity index (χ0v) is 14.3. The van der Waals surface area contributed by atoms with E-state index in [0.29, 0.717) is 24.7 Å². The molecule has 0 radical (unpaired) electrons. The monoisotopic (exact) mass is 344 g/mol. The molecular weight excluding hydrogens is 324 g/mol. The number of carboxylic acid groups (broad SMARTS) is 1. The molecule has 0 unspecified atom stereocenters. The second kappa shape index (κ2) is 7.15. The molecule has 1 aromatic carbocycles. The molecule has 2 N–H and O–H groups in total. The van der Waals surface area contributed by atoms with Crippen LogP contribution in [0.25, 0.3) is 0 Å². The molecule has 0 spiro atoms. The van der Waals surface area contributed by atoms with Crippen LogP contribution >= 0.6 is 11.3 Å². The fourth-order valence-corrected chi connectivity index (χ4v) is 3.78. The first-order chi connectivity index (χ1) is 11.5. The highest BCUT2D eigenvalue weighted by Crippen LogP contribution is 2.25. The van der Waals surface area contributed by atoms with E-state index in [0.717, 1.165) is 24.2 Å². The molecule has 24 heavy (non-hydrogen) atoms. The zero-order valence-electron chi connectivity index (χ0n) is 13.5. The van der Waals surface area contributed by atoms with Gasteiger partial charge < -0.3 is 15.3 Å². The number of anilines is 1. The first-order valence-electron chi connectivity index (χ1n) is 7.92. The maximum Gasteiger partial charge on any atom is 0.348 e. The van der Waals surface area contributed by atoms with Crippen LogP contribution < -0.4 is 5.32 Å². The molecule has 0 fully saturated rings. The maximum absolute atomic E-state index is 12.1. The van der Waals surface area contributed by atoms with Crippen LogP contribution in [0.15, 0.2) is 35.7 Å². The molecule has 0 saturated heterocycles. The third kappa shape index (κ3) is 3.66. The Bertz CT molecular complexity index is 731. The van der Waals surface area contributed by atoms with Gasteiger partial charge in [-0.1, -0.05) is 24.3 Å². The summed E-state index contributed by atoms with van der Waals surface area (Å²) in [5.41, 5.74) is 3.17. The summed E-state index contributed by atoms with van der Waals surface area (Å²) >= 11 is 1.11. The smallest absolute Gasteiger partial charge is 0.348 e. The number of nitrogens with one attached hydrogen (secondary N) is 1. The van der Waals surface area contributed by atoms with Gasteiger partial charge in [-0.3, -0.25) is 4.79 Å². The predicted octanol–water partition coefficient (Wildman–Crippen LogP) is 2.87. The molecule has 1 aliphatic rings. The van der Waals surface area contributed by atoms with Crippen molar-refractivity contribution >= 4 is 28.9 Å². The van der Waals surface area contributed by atoms with Gasteiger partial charge >= 0.3 is 5.97 Å². The van der Waals surface area contributed by atoms with Crippen molar-refractivity contribution in [2.45, 2.75) is 25.3 Å². The molecule has 0 aliphatic heterocycles. The quantitative estimate of drug-likeness (QED) is 0.845. The van der Waals surface area contributed by atoms with Gasteiger partial charge in [0.1, 0.15) is 4.88 Å². The molecule has 2 aromatic rings. The molecule has 5 nitrogen and oxygen atoms in total. The van der Waals surface area contributed by atoms with Gasteiger partial charge in [-0.25, -0.2) is 4.79 Å². The van der Waals surface area contributed by atoms with E-state index in [-0.39, 0.29) is 10.8 Å². The summed E-state index contributed by atoms with van der Waals surface area (Å²) in [7, 11) is 2.04. The summed E-state index contributed by atoms with van der Waals surface area (Å²) < 4.78 is 0. The highest BCUT2D eigenvalue weighted by molar-refractivity contribution is 7.12. The molecule has 0 bridgehead atoms. The molecule has 1 aliphatic carbocycles. The largest absolute Gasteiger partial charge is 0.477 e. The number of likely N-dealkylation sites (N-methyl/N-ethyl adjacent to an activating group) is 1. The number of carbonyl (C=O) groups excluding carboxylic acids is 1. The van der Waals surface area contributed by atoms with Crippen LogP contribution in [0.4, 0.5) is 5.69 Å². The Balaban J connectivity index is 1.50. The van der Waals surface area contributed by atoms with Gasteiger partial charge in [-0.05, 0) is 42.5 Å². The summed E-state index contributed by atoms with van der Waals surface area (Å²) in [4.78, 5) is 25.5. The van der Waals surface area contributed by atoms with E-state index in [1.54, 1.807) is 11.4 Å². The van der Waals surface area contributed by atoms with Gasteiger partial charge in [0.2, 0.25) is 5.91 Å². The normalized spacial score (nSPS) is 13.9. The van der Waals surface area contributed by atoms with Crippen LogP contribution in [0.5, 0.6) is 0 Å². The van der Waals surface area contributed by atoms with Gasteiger partial charge in [-0.15, -0.1) is 11.3 Å². The van der Waals surface area contributed by atoms with E-state index in [1.807, 2.05) is 7.05 Å². The number of fused-ring (bicyclic) bond motifs is 1. The van der Waals surface area contributed by atoms with Gasteiger partial charge in [0.25, 0.3) is 0 Å². The highest BCUT2D eigenvalue weighted by atomic mass is 32.1.